The van der Waals surface area contributed by atoms with Gasteiger partial charge in [0.15, 0.2) is 0 Å². The lowest BCUT2D eigenvalue weighted by Crippen LogP contribution is -2.44. The lowest BCUT2D eigenvalue weighted by molar-refractivity contribution is -0.114. The zero-order valence-electron chi connectivity index (χ0n) is 13.4. The van der Waals surface area contributed by atoms with Crippen LogP contribution in [0, 0.1) is 0 Å². The summed E-state index contributed by atoms with van der Waals surface area (Å²) in [6, 6.07) is 4.68. The molecule has 0 spiro atoms. The maximum Gasteiger partial charge on any atom is 0.339 e. The summed E-state index contributed by atoms with van der Waals surface area (Å²) >= 11 is 0. The molecule has 0 fully saturated rings. The lowest BCUT2D eigenvalue weighted by Gasteiger charge is -2.36. The summed E-state index contributed by atoms with van der Waals surface area (Å²) in [5.41, 5.74) is 0.508. The molecule has 0 aliphatic heterocycles. The van der Waals surface area contributed by atoms with E-state index < -0.39 is 14.3 Å². The molecule has 0 atom stereocenters. The SMILES string of the molecule is CC(=O)Nc1ccc(O[Si](C)(C)C(C)(C)C)c(C(=O)O)c1. The molecule has 2 N–H and O–H groups in total. The Morgan fingerprint density at radius 1 is 1.24 bits per heavy atom. The first kappa shape index (κ1) is 17.2. The zero-order chi connectivity index (χ0) is 16.4. The summed E-state index contributed by atoms with van der Waals surface area (Å²) in [7, 11) is -2.12. The molecule has 0 unspecified atom stereocenters. The molecule has 0 aliphatic carbocycles. The molecule has 1 aromatic rings. The van der Waals surface area contributed by atoms with Crippen molar-refractivity contribution in [2.45, 2.75) is 45.8 Å². The molecule has 6 heteroatoms. The Morgan fingerprint density at radius 3 is 2.24 bits per heavy atom. The van der Waals surface area contributed by atoms with Gasteiger partial charge in [-0.05, 0) is 36.3 Å². The number of hydrogen-bond donors (Lipinski definition) is 2. The highest BCUT2D eigenvalue weighted by Gasteiger charge is 2.39. The van der Waals surface area contributed by atoms with Gasteiger partial charge >= 0.3 is 5.97 Å². The largest absolute Gasteiger partial charge is 0.543 e. The molecular weight excluding hydrogens is 286 g/mol. The topological polar surface area (TPSA) is 75.6 Å². The van der Waals surface area contributed by atoms with Gasteiger partial charge in [-0.1, -0.05) is 20.8 Å². The van der Waals surface area contributed by atoms with E-state index in [1.54, 1.807) is 12.1 Å². The highest BCUT2D eigenvalue weighted by Crippen LogP contribution is 2.38. The van der Waals surface area contributed by atoms with Gasteiger partial charge in [0.2, 0.25) is 5.91 Å². The van der Waals surface area contributed by atoms with Gasteiger partial charge in [0.25, 0.3) is 8.32 Å². The maximum atomic E-state index is 11.4. The molecule has 0 heterocycles. The number of amides is 1. The van der Waals surface area contributed by atoms with Crippen LogP contribution < -0.4 is 9.74 Å². The second-order valence-electron chi connectivity index (χ2n) is 6.56. The first-order chi connectivity index (χ1) is 9.44. The molecular formula is C15H23NO4Si. The van der Waals surface area contributed by atoms with Crippen LogP contribution in [0.1, 0.15) is 38.1 Å². The van der Waals surface area contributed by atoms with Gasteiger partial charge in [-0.25, -0.2) is 4.79 Å². The van der Waals surface area contributed by atoms with Crippen LogP contribution in [-0.4, -0.2) is 25.3 Å². The minimum Gasteiger partial charge on any atom is -0.543 e. The number of benzene rings is 1. The molecule has 0 aromatic heterocycles. The first-order valence-electron chi connectivity index (χ1n) is 6.78. The van der Waals surface area contributed by atoms with Crippen LogP contribution in [0.4, 0.5) is 5.69 Å². The van der Waals surface area contributed by atoms with Crippen LogP contribution in [0.3, 0.4) is 0 Å². The Balaban J connectivity index is 3.19. The molecule has 1 aromatic carbocycles. The van der Waals surface area contributed by atoms with E-state index in [2.05, 4.69) is 39.2 Å². The second kappa shape index (κ2) is 5.89. The van der Waals surface area contributed by atoms with Crippen molar-refractivity contribution in [1.29, 1.82) is 0 Å². The van der Waals surface area contributed by atoms with Gasteiger partial charge in [0, 0.05) is 12.6 Å². The van der Waals surface area contributed by atoms with Crippen molar-refractivity contribution in [3.8, 4) is 5.75 Å². The van der Waals surface area contributed by atoms with Gasteiger partial charge in [-0.2, -0.15) is 0 Å². The van der Waals surface area contributed by atoms with E-state index in [9.17, 15) is 14.7 Å². The lowest BCUT2D eigenvalue weighted by atomic mass is 10.2. The van der Waals surface area contributed by atoms with Gasteiger partial charge in [-0.15, -0.1) is 0 Å². The summed E-state index contributed by atoms with van der Waals surface area (Å²) in [5.74, 6) is -0.969. The minimum absolute atomic E-state index is 0.0287. The maximum absolute atomic E-state index is 11.4. The molecule has 0 aliphatic rings. The summed E-state index contributed by atoms with van der Waals surface area (Å²) in [6.45, 7) is 11.8. The highest BCUT2D eigenvalue weighted by molar-refractivity contribution is 6.74. The van der Waals surface area contributed by atoms with Crippen LogP contribution in [0.15, 0.2) is 18.2 Å². The number of carbonyl (C=O) groups is 2. The van der Waals surface area contributed by atoms with Crippen molar-refractivity contribution in [2.24, 2.45) is 0 Å². The Labute approximate surface area is 126 Å². The van der Waals surface area contributed by atoms with Crippen LogP contribution in [0.25, 0.3) is 0 Å². The Kier molecular flexibility index (Phi) is 4.83. The molecule has 0 bridgehead atoms. The fourth-order valence-corrected chi connectivity index (χ4v) is 2.53. The average Bonchev–Trinajstić information content (AvgIpc) is 2.28. The predicted octanol–water partition coefficient (Wildman–Crippen LogP) is 3.73. The molecule has 1 rings (SSSR count). The summed E-state index contributed by atoms with van der Waals surface area (Å²) in [4.78, 5) is 22.5. The van der Waals surface area contributed by atoms with E-state index in [1.807, 2.05) is 0 Å². The van der Waals surface area contributed by atoms with Crippen molar-refractivity contribution in [2.75, 3.05) is 5.32 Å². The van der Waals surface area contributed by atoms with E-state index in [-0.39, 0.29) is 16.5 Å². The van der Waals surface area contributed by atoms with Crippen molar-refractivity contribution in [3.05, 3.63) is 23.8 Å². The second-order valence-corrected chi connectivity index (χ2v) is 11.3. The van der Waals surface area contributed by atoms with E-state index in [1.165, 1.54) is 13.0 Å². The van der Waals surface area contributed by atoms with Crippen LogP contribution in [0.2, 0.25) is 18.1 Å². The van der Waals surface area contributed by atoms with Gasteiger partial charge in [-0.3, -0.25) is 4.79 Å². The molecule has 116 valence electrons. The van der Waals surface area contributed by atoms with Crippen LogP contribution >= 0.6 is 0 Å². The standard InChI is InChI=1S/C15H23NO4Si/c1-10(17)16-11-7-8-13(12(9-11)14(18)19)20-21(5,6)15(2,3)4/h7-9H,1-6H3,(H,16,17)(H,18,19). The van der Waals surface area contributed by atoms with Crippen LogP contribution in [-0.2, 0) is 4.79 Å². The average molecular weight is 309 g/mol. The zero-order valence-corrected chi connectivity index (χ0v) is 14.4. The van der Waals surface area contributed by atoms with E-state index >= 15 is 0 Å². The monoisotopic (exact) mass is 309 g/mol. The van der Waals surface area contributed by atoms with E-state index in [0.29, 0.717) is 11.4 Å². The molecule has 0 saturated heterocycles. The first-order valence-corrected chi connectivity index (χ1v) is 9.69. The molecule has 5 nitrogen and oxygen atoms in total. The van der Waals surface area contributed by atoms with Crippen molar-refractivity contribution in [3.63, 3.8) is 0 Å². The van der Waals surface area contributed by atoms with Crippen molar-refractivity contribution in [1.82, 2.24) is 0 Å². The van der Waals surface area contributed by atoms with Gasteiger partial charge < -0.3 is 14.8 Å². The predicted molar refractivity (Wildman–Crippen MR) is 85.5 cm³/mol. The number of carboxylic acid groups (broad SMARTS) is 1. The normalized spacial score (nSPS) is 11.9. The number of nitrogens with one attached hydrogen (secondary N) is 1. The minimum atomic E-state index is -2.12. The number of hydrogen-bond acceptors (Lipinski definition) is 3. The molecule has 21 heavy (non-hydrogen) atoms. The van der Waals surface area contributed by atoms with Crippen LogP contribution in [0.5, 0.6) is 5.75 Å². The Hall–Kier alpha value is -1.82. The Morgan fingerprint density at radius 2 is 1.81 bits per heavy atom. The third kappa shape index (κ3) is 4.32. The number of carboxylic acids is 1. The smallest absolute Gasteiger partial charge is 0.339 e. The highest BCUT2D eigenvalue weighted by atomic mass is 28.4. The fraction of sp³-hybridized carbons (Fsp3) is 0.467. The number of aromatic carboxylic acids is 1. The quantitative estimate of drug-likeness (QED) is 0.831. The number of rotatable bonds is 4. The van der Waals surface area contributed by atoms with E-state index in [4.69, 9.17) is 4.43 Å². The van der Waals surface area contributed by atoms with Gasteiger partial charge in [0.1, 0.15) is 11.3 Å². The summed E-state index contributed by atoms with van der Waals surface area (Å²) in [5, 5.41) is 11.9. The molecule has 0 saturated carbocycles. The third-order valence-corrected chi connectivity index (χ3v) is 8.04. The molecule has 0 radical (unpaired) electrons. The summed E-state index contributed by atoms with van der Waals surface area (Å²) < 4.78 is 6.06. The van der Waals surface area contributed by atoms with Crippen molar-refractivity contribution >= 4 is 25.9 Å². The number of anilines is 1. The Bertz CT molecular complexity index is 561. The summed E-state index contributed by atoms with van der Waals surface area (Å²) in [6.07, 6.45) is 0. The van der Waals surface area contributed by atoms with E-state index in [0.717, 1.165) is 0 Å². The number of carbonyl (C=O) groups excluding carboxylic acids is 1. The van der Waals surface area contributed by atoms with Gasteiger partial charge in [0.05, 0.1) is 0 Å². The fourth-order valence-electron chi connectivity index (χ4n) is 1.50. The van der Waals surface area contributed by atoms with Crippen molar-refractivity contribution < 1.29 is 19.1 Å². The third-order valence-electron chi connectivity index (χ3n) is 3.70. The molecule has 1 amide bonds.